The van der Waals surface area contributed by atoms with Gasteiger partial charge in [-0.3, -0.25) is 0 Å². The Kier molecular flexibility index (Phi) is 4.93. The highest BCUT2D eigenvalue weighted by molar-refractivity contribution is 7.91. The minimum absolute atomic E-state index is 0.363. The normalized spacial score (nSPS) is 17.8. The molecule has 1 aromatic heterocycles. The van der Waals surface area contributed by atoms with Crippen molar-refractivity contribution in [3.63, 3.8) is 0 Å². The lowest BCUT2D eigenvalue weighted by Gasteiger charge is -2.26. The Labute approximate surface area is 117 Å². The fraction of sp³-hybridized carbons (Fsp3) is 0.636. The van der Waals surface area contributed by atoms with Crippen molar-refractivity contribution in [2.75, 3.05) is 33.4 Å². The maximum Gasteiger partial charge on any atom is 0.262 e. The minimum atomic E-state index is -3.47. The molecule has 1 aliphatic rings. The number of sulfonamides is 1. The maximum absolute atomic E-state index is 12.3. The van der Waals surface area contributed by atoms with E-state index in [1.165, 1.54) is 11.3 Å². The molecule has 6 nitrogen and oxygen atoms in total. The molecule has 19 heavy (non-hydrogen) atoms. The number of hydrazine groups is 1. The maximum atomic E-state index is 12.3. The van der Waals surface area contributed by atoms with E-state index in [9.17, 15) is 8.42 Å². The van der Waals surface area contributed by atoms with E-state index in [0.717, 1.165) is 10.4 Å². The number of hydrogen-bond donors (Lipinski definition) is 2. The van der Waals surface area contributed by atoms with Crippen LogP contribution in [-0.4, -0.2) is 46.8 Å². The summed E-state index contributed by atoms with van der Waals surface area (Å²) in [4.78, 5) is 3.66. The lowest BCUT2D eigenvalue weighted by Crippen LogP contribution is -2.48. The highest BCUT2D eigenvalue weighted by Gasteiger charge is 2.22. The van der Waals surface area contributed by atoms with Crippen molar-refractivity contribution < 1.29 is 13.2 Å². The summed E-state index contributed by atoms with van der Waals surface area (Å²) < 4.78 is 30.1. The average Bonchev–Trinajstić information content (AvgIpc) is 2.73. The number of morpholine rings is 1. The fourth-order valence-electron chi connectivity index (χ4n) is 1.83. The van der Waals surface area contributed by atoms with E-state index >= 15 is 0 Å². The van der Waals surface area contributed by atoms with Crippen molar-refractivity contribution in [3.05, 3.63) is 16.5 Å². The predicted molar refractivity (Wildman–Crippen MR) is 74.5 cm³/mol. The molecule has 0 atom stereocenters. The van der Waals surface area contributed by atoms with Gasteiger partial charge in [-0.15, -0.1) is 16.2 Å². The standard InChI is InChI=1S/C11H19N3O3S2/c1-9-7-11(18-10(9)8-12-2)19(15,16)13-14-3-5-17-6-4-14/h7,12-13H,3-6,8H2,1-2H3. The third-order valence-electron chi connectivity index (χ3n) is 2.86. The molecule has 0 aliphatic carbocycles. The molecule has 0 bridgehead atoms. The summed E-state index contributed by atoms with van der Waals surface area (Å²) in [5.74, 6) is 0. The summed E-state index contributed by atoms with van der Waals surface area (Å²) in [6.45, 7) is 4.87. The van der Waals surface area contributed by atoms with E-state index in [1.54, 1.807) is 11.1 Å². The average molecular weight is 305 g/mol. The summed E-state index contributed by atoms with van der Waals surface area (Å²) in [6.07, 6.45) is 0. The molecule has 0 aromatic carbocycles. The van der Waals surface area contributed by atoms with Crippen LogP contribution >= 0.6 is 11.3 Å². The van der Waals surface area contributed by atoms with Gasteiger partial charge in [-0.25, -0.2) is 13.4 Å². The first-order valence-electron chi connectivity index (χ1n) is 6.12. The zero-order chi connectivity index (χ0) is 13.9. The van der Waals surface area contributed by atoms with Crippen LogP contribution < -0.4 is 10.1 Å². The van der Waals surface area contributed by atoms with Gasteiger partial charge in [-0.2, -0.15) is 0 Å². The minimum Gasteiger partial charge on any atom is -0.379 e. The molecule has 108 valence electrons. The number of aryl methyl sites for hydroxylation is 1. The molecule has 2 rings (SSSR count). The van der Waals surface area contributed by atoms with Gasteiger partial charge >= 0.3 is 0 Å². The summed E-state index contributed by atoms with van der Waals surface area (Å²) in [7, 11) is -1.62. The Morgan fingerprint density at radius 3 is 2.74 bits per heavy atom. The van der Waals surface area contributed by atoms with Crippen molar-refractivity contribution >= 4 is 21.4 Å². The Bertz CT molecular complexity index is 521. The van der Waals surface area contributed by atoms with E-state index in [-0.39, 0.29) is 0 Å². The molecule has 2 heterocycles. The molecule has 0 saturated carbocycles. The van der Waals surface area contributed by atoms with Crippen LogP contribution in [0.4, 0.5) is 0 Å². The molecule has 1 saturated heterocycles. The molecule has 2 N–H and O–H groups in total. The first kappa shape index (κ1) is 14.9. The smallest absolute Gasteiger partial charge is 0.262 e. The second kappa shape index (κ2) is 6.29. The van der Waals surface area contributed by atoms with Gasteiger partial charge in [0.1, 0.15) is 4.21 Å². The zero-order valence-electron chi connectivity index (χ0n) is 11.1. The van der Waals surface area contributed by atoms with Gasteiger partial charge in [0.25, 0.3) is 10.0 Å². The quantitative estimate of drug-likeness (QED) is 0.819. The number of rotatable bonds is 5. The molecule has 0 spiro atoms. The van der Waals surface area contributed by atoms with Gasteiger partial charge < -0.3 is 10.1 Å². The van der Waals surface area contributed by atoms with Crippen LogP contribution in [0.2, 0.25) is 0 Å². The van der Waals surface area contributed by atoms with Crippen LogP contribution in [0.15, 0.2) is 10.3 Å². The third-order valence-corrected chi connectivity index (χ3v) is 5.95. The van der Waals surface area contributed by atoms with Gasteiger partial charge in [0.2, 0.25) is 0 Å². The second-order valence-electron chi connectivity index (χ2n) is 4.40. The van der Waals surface area contributed by atoms with E-state index in [1.807, 2.05) is 14.0 Å². The first-order valence-corrected chi connectivity index (χ1v) is 8.42. The Morgan fingerprint density at radius 1 is 1.42 bits per heavy atom. The lowest BCUT2D eigenvalue weighted by molar-refractivity contribution is 0.0272. The van der Waals surface area contributed by atoms with Gasteiger partial charge in [0.15, 0.2) is 0 Å². The molecule has 0 unspecified atom stereocenters. The van der Waals surface area contributed by atoms with Crippen LogP contribution in [0, 0.1) is 6.92 Å². The summed E-state index contributed by atoms with van der Waals surface area (Å²) in [6, 6.07) is 1.72. The van der Waals surface area contributed by atoms with E-state index < -0.39 is 10.0 Å². The van der Waals surface area contributed by atoms with Crippen molar-refractivity contribution in [1.29, 1.82) is 0 Å². The van der Waals surface area contributed by atoms with Crippen molar-refractivity contribution in [2.24, 2.45) is 0 Å². The SMILES string of the molecule is CNCc1sc(S(=O)(=O)NN2CCOCC2)cc1C. The lowest BCUT2D eigenvalue weighted by atomic mass is 10.3. The second-order valence-corrected chi connectivity index (χ2v) is 7.42. The highest BCUT2D eigenvalue weighted by Crippen LogP contribution is 2.25. The molecule has 1 aliphatic heterocycles. The Balaban J connectivity index is 2.12. The largest absolute Gasteiger partial charge is 0.379 e. The van der Waals surface area contributed by atoms with Crippen LogP contribution in [-0.2, 0) is 21.3 Å². The predicted octanol–water partition coefficient (Wildman–Crippen LogP) is 0.301. The fourth-order valence-corrected chi connectivity index (χ4v) is 4.54. The van der Waals surface area contributed by atoms with Crippen molar-refractivity contribution in [2.45, 2.75) is 17.7 Å². The zero-order valence-corrected chi connectivity index (χ0v) is 12.7. The number of thiophene rings is 1. The number of ether oxygens (including phenoxy) is 1. The van der Waals surface area contributed by atoms with Gasteiger partial charge in [0, 0.05) is 24.5 Å². The number of nitrogens with zero attached hydrogens (tertiary/aromatic N) is 1. The Hall–Kier alpha value is -0.510. The molecule has 1 fully saturated rings. The molecule has 0 radical (unpaired) electrons. The van der Waals surface area contributed by atoms with Gasteiger partial charge in [-0.05, 0) is 25.6 Å². The summed E-state index contributed by atoms with van der Waals surface area (Å²) in [5.41, 5.74) is 1.00. The molecule has 0 amide bonds. The summed E-state index contributed by atoms with van der Waals surface area (Å²) >= 11 is 1.31. The van der Waals surface area contributed by atoms with Crippen LogP contribution in [0.1, 0.15) is 10.4 Å². The third kappa shape index (κ3) is 3.74. The summed E-state index contributed by atoms with van der Waals surface area (Å²) in [5, 5.41) is 4.73. The van der Waals surface area contributed by atoms with Crippen LogP contribution in [0.3, 0.4) is 0 Å². The molecular formula is C11H19N3O3S2. The van der Waals surface area contributed by atoms with E-state index in [0.29, 0.717) is 37.1 Å². The van der Waals surface area contributed by atoms with Crippen LogP contribution in [0.5, 0.6) is 0 Å². The number of nitrogens with one attached hydrogen (secondary N) is 2. The monoisotopic (exact) mass is 305 g/mol. The highest BCUT2D eigenvalue weighted by atomic mass is 32.2. The molecular weight excluding hydrogens is 286 g/mol. The molecule has 1 aromatic rings. The topological polar surface area (TPSA) is 70.7 Å². The first-order chi connectivity index (χ1) is 9.03. The number of hydrogen-bond acceptors (Lipinski definition) is 6. The van der Waals surface area contributed by atoms with Gasteiger partial charge in [-0.1, -0.05) is 0 Å². The molecule has 8 heteroatoms. The van der Waals surface area contributed by atoms with Crippen molar-refractivity contribution in [3.8, 4) is 0 Å². The van der Waals surface area contributed by atoms with Crippen LogP contribution in [0.25, 0.3) is 0 Å². The van der Waals surface area contributed by atoms with E-state index in [2.05, 4.69) is 10.1 Å². The van der Waals surface area contributed by atoms with Gasteiger partial charge in [0.05, 0.1) is 13.2 Å². The van der Waals surface area contributed by atoms with Crippen molar-refractivity contribution in [1.82, 2.24) is 15.2 Å². The Morgan fingerprint density at radius 2 is 2.11 bits per heavy atom. The van der Waals surface area contributed by atoms with E-state index in [4.69, 9.17) is 4.74 Å².